The van der Waals surface area contributed by atoms with E-state index in [1.807, 2.05) is 0 Å². The Morgan fingerprint density at radius 2 is 2.12 bits per heavy atom. The van der Waals surface area contributed by atoms with Gasteiger partial charge in [0.25, 0.3) is 0 Å². The van der Waals surface area contributed by atoms with Crippen LogP contribution < -0.4 is 4.89 Å². The number of esters is 1. The van der Waals surface area contributed by atoms with Crippen LogP contribution in [0.15, 0.2) is 18.2 Å². The van der Waals surface area contributed by atoms with Crippen molar-refractivity contribution in [1.29, 1.82) is 0 Å². The number of benzene rings is 1. The quantitative estimate of drug-likeness (QED) is 0.390. The van der Waals surface area contributed by atoms with Gasteiger partial charge in [-0.2, -0.15) is 0 Å². The van der Waals surface area contributed by atoms with Crippen LogP contribution in [0.3, 0.4) is 0 Å². The summed E-state index contributed by atoms with van der Waals surface area (Å²) in [7, 11) is 1.50. The number of hydrogen-bond acceptors (Lipinski definition) is 5. The van der Waals surface area contributed by atoms with Crippen LogP contribution in [-0.4, -0.2) is 31.6 Å². The molecule has 1 N–H and O–H groups in total. The second-order valence-electron chi connectivity index (χ2n) is 2.86. The van der Waals surface area contributed by atoms with Gasteiger partial charge in [-0.15, -0.1) is 0 Å². The van der Waals surface area contributed by atoms with Gasteiger partial charge in [0.15, 0.2) is 5.75 Å². The number of methoxy groups -OCH3 is 1. The van der Waals surface area contributed by atoms with Gasteiger partial charge in [0.1, 0.15) is 12.2 Å². The molecule has 7 heteroatoms. The average Bonchev–Trinajstić information content (AvgIpc) is 2.29. The van der Waals surface area contributed by atoms with Gasteiger partial charge < -0.3 is 14.4 Å². The molecule has 0 saturated heterocycles. The van der Waals surface area contributed by atoms with Gasteiger partial charge in [-0.25, -0.2) is 10.1 Å². The largest absolute Gasteiger partial charge is 0.460 e. The molecule has 0 spiro atoms. The van der Waals surface area contributed by atoms with E-state index >= 15 is 0 Å². The number of halogens is 1. The molecule has 0 fully saturated rings. The van der Waals surface area contributed by atoms with E-state index < -0.39 is 5.97 Å². The van der Waals surface area contributed by atoms with Gasteiger partial charge in [-0.05, 0) is 12.1 Å². The minimum absolute atomic E-state index is 0. The van der Waals surface area contributed by atoms with E-state index in [0.717, 1.165) is 0 Å². The molecule has 1 rings (SSSR count). The zero-order chi connectivity index (χ0) is 12.0. The van der Waals surface area contributed by atoms with Gasteiger partial charge in [0.05, 0.1) is 6.61 Å². The summed E-state index contributed by atoms with van der Waals surface area (Å²) in [5.41, 5.74) is 0.100. The summed E-state index contributed by atoms with van der Waals surface area (Å²) in [6.45, 7) is 0.428. The molecule has 93 valence electrons. The molecule has 1 aromatic carbocycles. The van der Waals surface area contributed by atoms with E-state index in [0.29, 0.717) is 11.6 Å². The van der Waals surface area contributed by atoms with E-state index in [2.05, 4.69) is 4.89 Å². The Kier molecular flexibility index (Phi) is 8.03. The maximum Gasteiger partial charge on any atom is 0.342 e. The first-order valence-electron chi connectivity index (χ1n) is 4.46. The van der Waals surface area contributed by atoms with E-state index in [1.165, 1.54) is 25.3 Å². The summed E-state index contributed by atoms with van der Waals surface area (Å²) in [6, 6.07) is 4.22. The smallest absolute Gasteiger partial charge is 0.342 e. The van der Waals surface area contributed by atoms with Crippen molar-refractivity contribution in [3.63, 3.8) is 0 Å². The maximum atomic E-state index is 11.5. The van der Waals surface area contributed by atoms with Crippen LogP contribution in [0.5, 0.6) is 5.75 Å². The Balaban J connectivity index is 0.00000256. The molecule has 1 aromatic rings. The number of carbonyl (C=O) groups is 1. The molecule has 0 bridgehead atoms. The maximum absolute atomic E-state index is 11.5. The van der Waals surface area contributed by atoms with E-state index in [1.54, 1.807) is 0 Å². The van der Waals surface area contributed by atoms with Crippen LogP contribution >= 0.6 is 11.6 Å². The molecule has 0 aliphatic carbocycles. The Morgan fingerprint density at radius 3 is 2.71 bits per heavy atom. The van der Waals surface area contributed by atoms with Crippen molar-refractivity contribution < 1.29 is 43.0 Å². The number of hydrogen-bond donors (Lipinski definition) is 1. The van der Waals surface area contributed by atoms with Crippen LogP contribution in [0.1, 0.15) is 10.4 Å². The summed E-state index contributed by atoms with van der Waals surface area (Å²) in [5, 5.41) is 8.92. The van der Waals surface area contributed by atoms with Gasteiger partial charge in [-0.1, -0.05) is 11.6 Å². The molecule has 0 aliphatic rings. The summed E-state index contributed by atoms with van der Waals surface area (Å²) in [5.74, 6) is -0.660. The third-order valence-electron chi connectivity index (χ3n) is 1.78. The van der Waals surface area contributed by atoms with E-state index in [4.69, 9.17) is 26.3 Å². The first-order valence-corrected chi connectivity index (χ1v) is 4.84. The van der Waals surface area contributed by atoms with Gasteiger partial charge >= 0.3 is 5.97 Å². The fourth-order valence-electron chi connectivity index (χ4n) is 1.04. The fraction of sp³-hybridized carbons (Fsp3) is 0.300. The minimum Gasteiger partial charge on any atom is -0.460 e. The summed E-state index contributed by atoms with van der Waals surface area (Å²) in [4.78, 5) is 15.5. The topological polar surface area (TPSA) is 65.0 Å². The molecule has 0 aliphatic heterocycles. The van der Waals surface area contributed by atoms with Crippen molar-refractivity contribution >= 4 is 17.6 Å². The van der Waals surface area contributed by atoms with Gasteiger partial charge in [-0.3, -0.25) is 0 Å². The van der Waals surface area contributed by atoms with Crippen molar-refractivity contribution in [3.8, 4) is 5.75 Å². The van der Waals surface area contributed by atoms with Crippen molar-refractivity contribution in [2.24, 2.45) is 0 Å². The predicted molar refractivity (Wildman–Crippen MR) is 56.9 cm³/mol. The van der Waals surface area contributed by atoms with E-state index in [9.17, 15) is 4.79 Å². The Bertz CT molecular complexity index is 372. The number of rotatable bonds is 5. The molecule has 0 amide bonds. The molecule has 0 atom stereocenters. The Hall–Kier alpha value is -0.716. The monoisotopic (exact) mass is 297 g/mol. The zero-order valence-electron chi connectivity index (χ0n) is 9.05. The molecule has 0 heterocycles. The van der Waals surface area contributed by atoms with Crippen molar-refractivity contribution in [2.75, 3.05) is 20.3 Å². The second kappa shape index (κ2) is 8.39. The standard InChI is InChI=1S/C10H11ClO5.V/c1-14-4-5-15-10(12)8-3-2-7(11)6-9(8)16-13;/h2-3,6,13H,4-5H2,1H3;. The predicted octanol–water partition coefficient (Wildman–Crippen LogP) is 1.99. The molecule has 0 saturated carbocycles. The Morgan fingerprint density at radius 1 is 1.41 bits per heavy atom. The Labute approximate surface area is 115 Å². The SMILES string of the molecule is COCCOC(=O)c1ccc(Cl)cc1OO.[V]. The first-order chi connectivity index (χ1) is 7.69. The third-order valence-corrected chi connectivity index (χ3v) is 2.02. The van der Waals surface area contributed by atoms with E-state index in [-0.39, 0.29) is 36.5 Å². The van der Waals surface area contributed by atoms with Crippen LogP contribution in [0, 0.1) is 0 Å². The zero-order valence-corrected chi connectivity index (χ0v) is 11.2. The number of carbonyl (C=O) groups excluding carboxylic acids is 1. The minimum atomic E-state index is -0.613. The van der Waals surface area contributed by atoms with Gasteiger partial charge in [0, 0.05) is 36.8 Å². The summed E-state index contributed by atoms with van der Waals surface area (Å²) < 4.78 is 9.58. The molecule has 0 aromatic heterocycles. The molecular weight excluding hydrogens is 287 g/mol. The van der Waals surface area contributed by atoms with Crippen LogP contribution in [-0.2, 0) is 28.0 Å². The van der Waals surface area contributed by atoms with Crippen LogP contribution in [0.2, 0.25) is 5.02 Å². The van der Waals surface area contributed by atoms with Gasteiger partial charge in [0.2, 0.25) is 0 Å². The van der Waals surface area contributed by atoms with Crippen LogP contribution in [0.4, 0.5) is 0 Å². The molecule has 5 nitrogen and oxygen atoms in total. The third kappa shape index (κ3) is 4.98. The van der Waals surface area contributed by atoms with Crippen molar-refractivity contribution in [3.05, 3.63) is 28.8 Å². The second-order valence-corrected chi connectivity index (χ2v) is 3.30. The first kappa shape index (κ1) is 16.3. The molecular formula is C10H11ClO5V. The summed E-state index contributed by atoms with van der Waals surface area (Å²) >= 11 is 5.66. The average molecular weight is 298 g/mol. The molecule has 17 heavy (non-hydrogen) atoms. The van der Waals surface area contributed by atoms with Crippen molar-refractivity contribution in [1.82, 2.24) is 0 Å². The number of ether oxygens (including phenoxy) is 2. The fourth-order valence-corrected chi connectivity index (χ4v) is 1.20. The van der Waals surface area contributed by atoms with Crippen molar-refractivity contribution in [2.45, 2.75) is 0 Å². The molecule has 0 unspecified atom stereocenters. The van der Waals surface area contributed by atoms with Crippen LogP contribution in [0.25, 0.3) is 0 Å². The molecule has 1 radical (unpaired) electrons. The normalized spacial score (nSPS) is 9.35. The summed E-state index contributed by atoms with van der Waals surface area (Å²) in [6.07, 6.45) is 0.